The van der Waals surface area contributed by atoms with Gasteiger partial charge in [-0.25, -0.2) is 4.98 Å². The monoisotopic (exact) mass is 248 g/mol. The average Bonchev–Trinajstić information content (AvgIpc) is 2.15. The van der Waals surface area contributed by atoms with Gasteiger partial charge in [0.15, 0.2) is 0 Å². The average molecular weight is 247 g/mol. The Morgan fingerprint density at radius 2 is 1.80 bits per heavy atom. The molecule has 0 radical (unpaired) electrons. The first-order valence-electron chi connectivity index (χ1n) is 3.55. The van der Waals surface area contributed by atoms with E-state index in [1.165, 1.54) is 0 Å². The topological polar surface area (TPSA) is 17.8 Å². The van der Waals surface area contributed by atoms with Crippen LogP contribution in [-0.2, 0) is 7.05 Å². The molecule has 0 saturated heterocycles. The van der Waals surface area contributed by atoms with Gasteiger partial charge in [-0.1, -0.05) is 0 Å². The molecule has 0 fully saturated rings. The van der Waals surface area contributed by atoms with Crippen LogP contribution >= 0.6 is 0 Å². The van der Waals surface area contributed by atoms with Crippen LogP contribution in [0.1, 0.15) is 0 Å². The van der Waals surface area contributed by atoms with Crippen LogP contribution in [0.4, 0.5) is 0 Å². The van der Waals surface area contributed by atoms with Gasteiger partial charge in [-0.2, -0.15) is 0 Å². The second-order valence-electron chi connectivity index (χ2n) is 2.96. The first-order valence-corrected chi connectivity index (χ1v) is 13.4. The van der Waals surface area contributed by atoms with E-state index in [9.17, 15) is 0 Å². The number of hydrogen-bond acceptors (Lipinski definition) is 1. The summed E-state index contributed by atoms with van der Waals surface area (Å²) in [5, 5.41) is 0. The Labute approximate surface area is 70.0 Å². The zero-order chi connectivity index (χ0) is 7.98. The predicted molar refractivity (Wildman–Crippen MR) is 47.9 cm³/mol. The zero-order valence-electron chi connectivity index (χ0n) is 7.20. The van der Waals surface area contributed by atoms with Gasteiger partial charge in [-0.05, 0) is 0 Å². The molecule has 0 N–H and O–H groups in total. The molecular formula is C7H16N2Sn. The van der Waals surface area contributed by atoms with Gasteiger partial charge in [0.05, 0.1) is 6.33 Å². The van der Waals surface area contributed by atoms with E-state index in [1.807, 2.05) is 17.8 Å². The number of hydrogen-bond donors (Lipinski definition) is 0. The van der Waals surface area contributed by atoms with Gasteiger partial charge in [-0.15, -0.1) is 0 Å². The van der Waals surface area contributed by atoms with E-state index in [4.69, 9.17) is 0 Å². The van der Waals surface area contributed by atoms with Crippen molar-refractivity contribution >= 4 is 19.8 Å². The fourth-order valence-corrected chi connectivity index (χ4v) is 0.326. The van der Waals surface area contributed by atoms with Crippen molar-refractivity contribution in [3.63, 3.8) is 0 Å². The number of aryl methyl sites for hydroxylation is 1. The van der Waals surface area contributed by atoms with Gasteiger partial charge in [0.25, 0.3) is 0 Å². The number of nitrogens with zero attached hydrogens (tertiary/aromatic N) is 2. The van der Waals surface area contributed by atoms with Crippen LogP contribution in [0.3, 0.4) is 0 Å². The van der Waals surface area contributed by atoms with Crippen molar-refractivity contribution in [2.45, 2.75) is 14.8 Å². The molecule has 0 spiro atoms. The fraction of sp³-hybridized carbons (Fsp3) is 0.571. The summed E-state index contributed by atoms with van der Waals surface area (Å²) in [7, 11) is 1.94. The molecule has 0 amide bonds. The summed E-state index contributed by atoms with van der Waals surface area (Å²) < 4.78 is 1.89. The Morgan fingerprint density at radius 3 is 1.90 bits per heavy atom. The van der Waals surface area contributed by atoms with Gasteiger partial charge in [0.2, 0.25) is 0 Å². The van der Waals surface area contributed by atoms with Crippen LogP contribution in [0.5, 0.6) is 0 Å². The molecule has 0 aliphatic heterocycles. The summed E-state index contributed by atoms with van der Waals surface area (Å²) in [6.45, 7) is 0. The number of imidazole rings is 1. The van der Waals surface area contributed by atoms with E-state index in [-0.39, 0.29) is 0 Å². The maximum atomic E-state index is 3.78. The van der Waals surface area contributed by atoms with Gasteiger partial charge in [0.1, 0.15) is 0 Å². The molecule has 1 rings (SSSR count). The maximum absolute atomic E-state index is 3.78. The van der Waals surface area contributed by atoms with Crippen LogP contribution < -0.4 is 0 Å². The van der Waals surface area contributed by atoms with E-state index in [0.717, 1.165) is 0 Å². The van der Waals surface area contributed by atoms with Crippen molar-refractivity contribution in [2.75, 3.05) is 0 Å². The molecule has 1 aromatic heterocycles. The molecule has 0 atom stereocenters. The van der Waals surface area contributed by atoms with Gasteiger partial charge in [0, 0.05) is 19.4 Å². The Hall–Kier alpha value is 0.00870. The third-order valence-electron chi connectivity index (χ3n) is 0.637. The quantitative estimate of drug-likeness (QED) is 0.635. The van der Waals surface area contributed by atoms with E-state index in [0.29, 0.717) is 0 Å². The fourth-order valence-electron chi connectivity index (χ4n) is 0.326. The van der Waals surface area contributed by atoms with E-state index >= 15 is 0 Å². The Kier molecular flexibility index (Phi) is 5.77. The van der Waals surface area contributed by atoms with Crippen LogP contribution in [0.2, 0.25) is 14.8 Å². The molecule has 0 unspecified atom stereocenters. The minimum absolute atomic E-state index is 0.637. The minimum atomic E-state index is -0.637. The van der Waals surface area contributed by atoms with Crippen molar-refractivity contribution in [3.05, 3.63) is 18.7 Å². The second kappa shape index (κ2) is 5.77. The van der Waals surface area contributed by atoms with Crippen LogP contribution in [0, 0.1) is 0 Å². The number of aromatic nitrogens is 2. The summed E-state index contributed by atoms with van der Waals surface area (Å²) in [5.41, 5.74) is 0. The van der Waals surface area contributed by atoms with E-state index in [1.54, 1.807) is 12.5 Å². The van der Waals surface area contributed by atoms with Crippen LogP contribution in [0.15, 0.2) is 18.7 Å². The van der Waals surface area contributed by atoms with Gasteiger partial charge < -0.3 is 4.57 Å². The molecule has 0 bridgehead atoms. The Morgan fingerprint density at radius 1 is 1.30 bits per heavy atom. The van der Waals surface area contributed by atoms with Gasteiger partial charge >= 0.3 is 34.6 Å². The molecule has 0 saturated carbocycles. The Balaban J connectivity index is 0.000000180. The van der Waals surface area contributed by atoms with Crippen molar-refractivity contribution < 1.29 is 0 Å². The standard InChI is InChI=1S/C4H6N2.3CH3.Sn.H/c1-6-3-2-5-4-6;;;;;/h2-4H,1H3;3*1H3;;. The molecule has 0 aliphatic carbocycles. The van der Waals surface area contributed by atoms with E-state index < -0.39 is 19.8 Å². The van der Waals surface area contributed by atoms with Crippen LogP contribution in [-0.4, -0.2) is 29.3 Å². The molecule has 1 heterocycles. The number of rotatable bonds is 0. The molecule has 0 aliphatic rings. The van der Waals surface area contributed by atoms with Crippen molar-refractivity contribution in [3.8, 4) is 0 Å². The molecular weight excluding hydrogens is 231 g/mol. The molecule has 3 heteroatoms. The summed E-state index contributed by atoms with van der Waals surface area (Å²) in [6.07, 6.45) is 5.39. The zero-order valence-corrected chi connectivity index (χ0v) is 10.5. The SMILES string of the molecule is Cn1ccnc1.[CH3][SnH]([CH3])[CH3]. The molecule has 58 valence electrons. The summed E-state index contributed by atoms with van der Waals surface area (Å²) in [4.78, 5) is 10.9. The molecule has 2 nitrogen and oxygen atoms in total. The first kappa shape index (κ1) is 10.0. The normalized spacial score (nSPS) is 8.90. The van der Waals surface area contributed by atoms with Crippen molar-refractivity contribution in [1.82, 2.24) is 9.55 Å². The van der Waals surface area contributed by atoms with Crippen molar-refractivity contribution in [2.24, 2.45) is 7.05 Å². The van der Waals surface area contributed by atoms with Crippen LogP contribution in [0.25, 0.3) is 0 Å². The summed E-state index contributed by atoms with van der Waals surface area (Å²) in [6, 6.07) is 0. The third kappa shape index (κ3) is 8.01. The van der Waals surface area contributed by atoms with E-state index in [2.05, 4.69) is 19.8 Å². The van der Waals surface area contributed by atoms with Gasteiger partial charge in [-0.3, -0.25) is 0 Å². The second-order valence-corrected chi connectivity index (χ2v) is 12.8. The predicted octanol–water partition coefficient (Wildman–Crippen LogP) is 1.52. The summed E-state index contributed by atoms with van der Waals surface area (Å²) >= 11 is -0.637. The summed E-state index contributed by atoms with van der Waals surface area (Å²) in [5.74, 6) is 0. The Bertz CT molecular complexity index is 144. The molecule has 10 heavy (non-hydrogen) atoms. The first-order chi connectivity index (χ1) is 4.63. The molecule has 1 aromatic rings. The molecule has 0 aromatic carbocycles. The third-order valence-corrected chi connectivity index (χ3v) is 0.637. The van der Waals surface area contributed by atoms with Crippen molar-refractivity contribution in [1.29, 1.82) is 0 Å².